The van der Waals surface area contributed by atoms with Crippen LogP contribution in [0, 0.1) is 5.92 Å². The lowest BCUT2D eigenvalue weighted by molar-refractivity contribution is -0.143. The number of nitrogens with one attached hydrogen (secondary N) is 1. The van der Waals surface area contributed by atoms with Crippen molar-refractivity contribution < 1.29 is 27.9 Å². The molecule has 2 aliphatic heterocycles. The van der Waals surface area contributed by atoms with Crippen molar-refractivity contribution in [1.82, 2.24) is 14.5 Å². The smallest absolute Gasteiger partial charge is 0.308 e. The second-order valence-corrected chi connectivity index (χ2v) is 8.58. The van der Waals surface area contributed by atoms with Crippen LogP contribution in [-0.4, -0.2) is 73.2 Å². The lowest BCUT2D eigenvalue weighted by Crippen LogP contribution is -2.49. The number of amides is 2. The number of piperazine rings is 1. The molecule has 2 heterocycles. The van der Waals surface area contributed by atoms with Gasteiger partial charge in [-0.1, -0.05) is 0 Å². The van der Waals surface area contributed by atoms with Crippen LogP contribution in [0.15, 0.2) is 29.2 Å². The first-order valence-corrected chi connectivity index (χ1v) is 10.1. The normalized spacial score (nSPS) is 21.6. The summed E-state index contributed by atoms with van der Waals surface area (Å²) in [7, 11) is -3.81. The third-order valence-corrected chi connectivity index (χ3v) is 6.66. The fourth-order valence-electron chi connectivity index (χ4n) is 3.28. The Morgan fingerprint density at radius 3 is 2.48 bits per heavy atom. The van der Waals surface area contributed by atoms with Gasteiger partial charge < -0.3 is 15.3 Å². The molecule has 2 aliphatic rings. The number of likely N-dealkylation sites (tertiary alicyclic amines) is 1. The second-order valence-electron chi connectivity index (χ2n) is 6.64. The fourth-order valence-corrected chi connectivity index (χ4v) is 4.68. The van der Waals surface area contributed by atoms with Gasteiger partial charge in [0.15, 0.2) is 0 Å². The van der Waals surface area contributed by atoms with E-state index in [2.05, 4.69) is 5.32 Å². The molecule has 0 radical (unpaired) electrons. The highest BCUT2D eigenvalue weighted by Gasteiger charge is 2.31. The number of nitrogens with zero attached hydrogens (tertiary/aromatic N) is 2. The van der Waals surface area contributed by atoms with Gasteiger partial charge in [-0.25, -0.2) is 8.42 Å². The molecule has 3 rings (SSSR count). The van der Waals surface area contributed by atoms with Crippen molar-refractivity contribution in [3.63, 3.8) is 0 Å². The maximum Gasteiger partial charge on any atom is 0.308 e. The number of hydrogen-bond donors (Lipinski definition) is 2. The molecule has 0 aromatic heterocycles. The molecule has 0 bridgehead atoms. The van der Waals surface area contributed by atoms with E-state index in [0.717, 1.165) is 4.31 Å². The molecule has 2 amide bonds. The molecule has 0 aliphatic carbocycles. The second kappa shape index (κ2) is 7.65. The number of carboxylic acids is 1. The molecular formula is C17H21N3O6S. The molecular weight excluding hydrogens is 374 g/mol. The van der Waals surface area contributed by atoms with Crippen molar-refractivity contribution in [2.75, 3.05) is 32.7 Å². The van der Waals surface area contributed by atoms with Gasteiger partial charge in [0.25, 0.3) is 5.91 Å². The number of piperidine rings is 1. The summed E-state index contributed by atoms with van der Waals surface area (Å²) in [6.07, 6.45) is 1.16. The van der Waals surface area contributed by atoms with Gasteiger partial charge in [0.1, 0.15) is 0 Å². The van der Waals surface area contributed by atoms with E-state index in [1.54, 1.807) is 0 Å². The predicted molar refractivity (Wildman–Crippen MR) is 94.5 cm³/mol. The number of benzene rings is 1. The summed E-state index contributed by atoms with van der Waals surface area (Å²) in [4.78, 5) is 36.7. The maximum absolute atomic E-state index is 12.6. The van der Waals surface area contributed by atoms with Crippen LogP contribution in [0.1, 0.15) is 23.2 Å². The van der Waals surface area contributed by atoms with Gasteiger partial charge in [-0.05, 0) is 37.1 Å². The first-order valence-electron chi connectivity index (χ1n) is 8.68. The molecule has 1 unspecified atom stereocenters. The molecule has 1 aromatic rings. The third-order valence-electron chi connectivity index (χ3n) is 4.80. The van der Waals surface area contributed by atoms with Gasteiger partial charge in [0, 0.05) is 31.7 Å². The molecule has 146 valence electrons. The summed E-state index contributed by atoms with van der Waals surface area (Å²) in [6, 6.07) is 5.52. The Morgan fingerprint density at radius 1 is 1.15 bits per heavy atom. The van der Waals surface area contributed by atoms with Crippen LogP contribution < -0.4 is 5.32 Å². The summed E-state index contributed by atoms with van der Waals surface area (Å²) in [5.74, 6) is -2.16. The molecule has 10 heteroatoms. The molecule has 0 spiro atoms. The van der Waals surface area contributed by atoms with Gasteiger partial charge in [0.05, 0.1) is 17.4 Å². The highest BCUT2D eigenvalue weighted by Crippen LogP contribution is 2.21. The largest absolute Gasteiger partial charge is 0.481 e. The van der Waals surface area contributed by atoms with Crippen molar-refractivity contribution in [1.29, 1.82) is 0 Å². The molecule has 1 aromatic carbocycles. The van der Waals surface area contributed by atoms with Crippen LogP contribution >= 0.6 is 0 Å². The van der Waals surface area contributed by atoms with E-state index in [1.165, 1.54) is 29.2 Å². The number of carbonyl (C=O) groups is 3. The van der Waals surface area contributed by atoms with Gasteiger partial charge in [-0.2, -0.15) is 4.31 Å². The SMILES string of the molecule is O=C1CN(S(=O)(=O)c2ccc(C(=O)N3CCCC(C(=O)O)C3)cc2)CCN1. The molecule has 2 saturated heterocycles. The number of hydrogen-bond acceptors (Lipinski definition) is 5. The van der Waals surface area contributed by atoms with E-state index in [9.17, 15) is 22.8 Å². The monoisotopic (exact) mass is 395 g/mol. The van der Waals surface area contributed by atoms with Crippen molar-refractivity contribution in [3.05, 3.63) is 29.8 Å². The molecule has 2 N–H and O–H groups in total. The minimum atomic E-state index is -3.81. The number of rotatable bonds is 4. The zero-order chi connectivity index (χ0) is 19.6. The van der Waals surface area contributed by atoms with E-state index < -0.39 is 21.9 Å². The van der Waals surface area contributed by atoms with E-state index in [0.29, 0.717) is 24.9 Å². The number of carboxylic acid groups (broad SMARTS) is 1. The number of aliphatic carboxylic acids is 1. The summed E-state index contributed by atoms with van der Waals surface area (Å²) in [5, 5.41) is 11.7. The number of sulfonamides is 1. The Labute approximate surface area is 157 Å². The lowest BCUT2D eigenvalue weighted by Gasteiger charge is -2.30. The Hall–Kier alpha value is -2.46. The standard InChI is InChI=1S/C17H21N3O6S/c21-15-11-20(9-7-18-15)27(25,26)14-5-3-12(4-6-14)16(22)19-8-1-2-13(10-19)17(23)24/h3-6,13H,1-2,7-11H2,(H,18,21)(H,23,24). The van der Waals surface area contributed by atoms with Crippen molar-refractivity contribution in [2.45, 2.75) is 17.7 Å². The average molecular weight is 395 g/mol. The summed E-state index contributed by atoms with van der Waals surface area (Å²) in [6.45, 7) is 0.851. The van der Waals surface area contributed by atoms with Crippen LogP contribution in [0.25, 0.3) is 0 Å². The summed E-state index contributed by atoms with van der Waals surface area (Å²) >= 11 is 0. The fraction of sp³-hybridized carbons (Fsp3) is 0.471. The Kier molecular flexibility index (Phi) is 5.47. The minimum absolute atomic E-state index is 0.0100. The van der Waals surface area contributed by atoms with E-state index in [-0.39, 0.29) is 42.9 Å². The predicted octanol–water partition coefficient (Wildman–Crippen LogP) is -0.256. The summed E-state index contributed by atoms with van der Waals surface area (Å²) < 4.78 is 26.3. The maximum atomic E-state index is 12.6. The Morgan fingerprint density at radius 2 is 1.85 bits per heavy atom. The summed E-state index contributed by atoms with van der Waals surface area (Å²) in [5.41, 5.74) is 0.302. The van der Waals surface area contributed by atoms with Crippen LogP contribution in [0.4, 0.5) is 0 Å². The average Bonchev–Trinajstić information content (AvgIpc) is 2.67. The minimum Gasteiger partial charge on any atom is -0.481 e. The highest BCUT2D eigenvalue weighted by molar-refractivity contribution is 7.89. The Balaban J connectivity index is 1.74. The van der Waals surface area contributed by atoms with Crippen LogP contribution in [0.3, 0.4) is 0 Å². The van der Waals surface area contributed by atoms with Gasteiger partial charge in [-0.3, -0.25) is 14.4 Å². The van der Waals surface area contributed by atoms with Crippen LogP contribution in [-0.2, 0) is 19.6 Å². The third kappa shape index (κ3) is 4.11. The quantitative estimate of drug-likeness (QED) is 0.724. The lowest BCUT2D eigenvalue weighted by atomic mass is 9.97. The Bertz CT molecular complexity index is 852. The molecule has 1 atom stereocenters. The van der Waals surface area contributed by atoms with E-state index >= 15 is 0 Å². The zero-order valence-corrected chi connectivity index (χ0v) is 15.4. The number of carbonyl (C=O) groups excluding carboxylic acids is 2. The molecule has 27 heavy (non-hydrogen) atoms. The van der Waals surface area contributed by atoms with E-state index in [4.69, 9.17) is 5.11 Å². The molecule has 9 nitrogen and oxygen atoms in total. The first kappa shape index (κ1) is 19.3. The zero-order valence-electron chi connectivity index (χ0n) is 14.6. The van der Waals surface area contributed by atoms with Gasteiger partial charge in [-0.15, -0.1) is 0 Å². The first-order chi connectivity index (χ1) is 12.8. The molecule has 2 fully saturated rings. The molecule has 0 saturated carbocycles. The van der Waals surface area contributed by atoms with Crippen molar-refractivity contribution in [3.8, 4) is 0 Å². The van der Waals surface area contributed by atoms with Crippen LogP contribution in [0.2, 0.25) is 0 Å². The van der Waals surface area contributed by atoms with Crippen molar-refractivity contribution in [2.24, 2.45) is 5.92 Å². The topological polar surface area (TPSA) is 124 Å². The van der Waals surface area contributed by atoms with Crippen LogP contribution in [0.5, 0.6) is 0 Å². The van der Waals surface area contributed by atoms with E-state index in [1.807, 2.05) is 0 Å². The van der Waals surface area contributed by atoms with Gasteiger partial charge >= 0.3 is 5.97 Å². The van der Waals surface area contributed by atoms with Gasteiger partial charge in [0.2, 0.25) is 15.9 Å². The highest BCUT2D eigenvalue weighted by atomic mass is 32.2. The van der Waals surface area contributed by atoms with Crippen molar-refractivity contribution >= 4 is 27.8 Å².